The fourth-order valence-corrected chi connectivity index (χ4v) is 2.73. The minimum atomic E-state index is 0.111. The minimum Gasteiger partial charge on any atom is -0.294 e. The Hall–Kier alpha value is -0.630. The van der Waals surface area contributed by atoms with E-state index >= 15 is 0 Å². The highest BCUT2D eigenvalue weighted by Gasteiger charge is 2.19. The van der Waals surface area contributed by atoms with Crippen LogP contribution in [0.15, 0.2) is 16.6 Å². The lowest BCUT2D eigenvalue weighted by atomic mass is 9.88. The summed E-state index contributed by atoms with van der Waals surface area (Å²) in [7, 11) is 0. The van der Waals surface area contributed by atoms with Crippen LogP contribution in [0.4, 0.5) is 0 Å². The first-order chi connectivity index (χ1) is 8.54. The molecule has 1 aromatic rings. The zero-order chi connectivity index (χ0) is 13.7. The first kappa shape index (κ1) is 15.4. The minimum absolute atomic E-state index is 0.111. The molecule has 1 rings (SSSR count). The van der Waals surface area contributed by atoms with Gasteiger partial charge in [0.1, 0.15) is 0 Å². The SMILES string of the molecule is CCCc1c(CC)cc(Br)cc1C(=O)C(C)CC. The van der Waals surface area contributed by atoms with Gasteiger partial charge in [-0.2, -0.15) is 0 Å². The molecule has 0 aliphatic carbocycles. The Morgan fingerprint density at radius 3 is 2.44 bits per heavy atom. The summed E-state index contributed by atoms with van der Waals surface area (Å²) >= 11 is 3.53. The molecule has 1 atom stereocenters. The van der Waals surface area contributed by atoms with Gasteiger partial charge in [-0.3, -0.25) is 4.79 Å². The van der Waals surface area contributed by atoms with Crippen LogP contribution < -0.4 is 0 Å². The van der Waals surface area contributed by atoms with Crippen molar-refractivity contribution in [2.24, 2.45) is 5.92 Å². The molecule has 0 radical (unpaired) electrons. The Morgan fingerprint density at radius 2 is 1.94 bits per heavy atom. The Kier molecular flexibility index (Phi) is 6.07. The summed E-state index contributed by atoms with van der Waals surface area (Å²) in [4.78, 5) is 12.5. The van der Waals surface area contributed by atoms with Crippen molar-refractivity contribution in [2.45, 2.75) is 53.4 Å². The number of Topliss-reactive ketones (excluding diaryl/α,β-unsaturated/α-hetero) is 1. The lowest BCUT2D eigenvalue weighted by Gasteiger charge is -2.16. The number of ketones is 1. The van der Waals surface area contributed by atoms with Crippen LogP contribution in [-0.4, -0.2) is 5.78 Å². The van der Waals surface area contributed by atoms with Crippen LogP contribution in [0.25, 0.3) is 0 Å². The van der Waals surface area contributed by atoms with Crippen molar-refractivity contribution in [1.82, 2.24) is 0 Å². The maximum atomic E-state index is 12.5. The molecule has 2 heteroatoms. The molecule has 0 aliphatic rings. The first-order valence-electron chi connectivity index (χ1n) is 6.90. The van der Waals surface area contributed by atoms with Gasteiger partial charge < -0.3 is 0 Å². The quantitative estimate of drug-likeness (QED) is 0.661. The van der Waals surface area contributed by atoms with Crippen LogP contribution in [0.2, 0.25) is 0 Å². The zero-order valence-corrected chi connectivity index (χ0v) is 13.4. The molecule has 0 amide bonds. The second kappa shape index (κ2) is 7.08. The van der Waals surface area contributed by atoms with Crippen LogP contribution in [0.5, 0.6) is 0 Å². The van der Waals surface area contributed by atoms with E-state index in [4.69, 9.17) is 0 Å². The van der Waals surface area contributed by atoms with Crippen LogP contribution in [0.3, 0.4) is 0 Å². The molecule has 0 fully saturated rings. The van der Waals surface area contributed by atoms with Gasteiger partial charge in [0.15, 0.2) is 5.78 Å². The Labute approximate surface area is 119 Å². The van der Waals surface area contributed by atoms with Gasteiger partial charge in [0.2, 0.25) is 0 Å². The van der Waals surface area contributed by atoms with Crippen LogP contribution in [0.1, 0.15) is 62.0 Å². The van der Waals surface area contributed by atoms with Crippen molar-refractivity contribution >= 4 is 21.7 Å². The molecule has 1 aromatic carbocycles. The third-order valence-electron chi connectivity index (χ3n) is 3.51. The fourth-order valence-electron chi connectivity index (χ4n) is 2.22. The molecule has 0 aliphatic heterocycles. The molecule has 0 heterocycles. The van der Waals surface area contributed by atoms with E-state index in [0.29, 0.717) is 0 Å². The van der Waals surface area contributed by atoms with E-state index in [-0.39, 0.29) is 11.7 Å². The van der Waals surface area contributed by atoms with E-state index in [1.165, 1.54) is 11.1 Å². The standard InChI is InChI=1S/C16H23BrO/c1-5-8-14-12(7-3)9-13(17)10-15(14)16(18)11(4)6-2/h9-11H,5-8H2,1-4H3. The summed E-state index contributed by atoms with van der Waals surface area (Å²) < 4.78 is 1.02. The van der Waals surface area contributed by atoms with E-state index in [1.54, 1.807) is 0 Å². The lowest BCUT2D eigenvalue weighted by molar-refractivity contribution is 0.0926. The van der Waals surface area contributed by atoms with Crippen molar-refractivity contribution in [3.05, 3.63) is 33.3 Å². The average molecular weight is 311 g/mol. The highest BCUT2D eigenvalue weighted by Crippen LogP contribution is 2.26. The third kappa shape index (κ3) is 3.44. The molecule has 0 N–H and O–H groups in total. The topological polar surface area (TPSA) is 17.1 Å². The molecule has 18 heavy (non-hydrogen) atoms. The molecule has 100 valence electrons. The van der Waals surface area contributed by atoms with E-state index in [0.717, 1.165) is 35.7 Å². The smallest absolute Gasteiger partial charge is 0.165 e. The number of hydrogen-bond donors (Lipinski definition) is 0. The fraction of sp³-hybridized carbons (Fsp3) is 0.562. The molecule has 1 unspecified atom stereocenters. The highest BCUT2D eigenvalue weighted by atomic mass is 79.9. The predicted molar refractivity (Wildman–Crippen MR) is 81.3 cm³/mol. The molecular weight excluding hydrogens is 288 g/mol. The van der Waals surface area contributed by atoms with E-state index in [2.05, 4.69) is 42.8 Å². The molecule has 0 bridgehead atoms. The van der Waals surface area contributed by atoms with Gasteiger partial charge in [-0.15, -0.1) is 0 Å². The van der Waals surface area contributed by atoms with Crippen molar-refractivity contribution in [2.75, 3.05) is 0 Å². The summed E-state index contributed by atoms with van der Waals surface area (Å²) in [6.07, 6.45) is 3.96. The number of rotatable bonds is 6. The van der Waals surface area contributed by atoms with Gasteiger partial charge in [0.05, 0.1) is 0 Å². The largest absolute Gasteiger partial charge is 0.294 e. The summed E-state index contributed by atoms with van der Waals surface area (Å²) in [6.45, 7) is 8.41. The number of hydrogen-bond acceptors (Lipinski definition) is 1. The molecular formula is C16H23BrO. The summed E-state index contributed by atoms with van der Waals surface area (Å²) in [5.74, 6) is 0.400. The predicted octanol–water partition coefficient (Wildman–Crippen LogP) is 5.19. The van der Waals surface area contributed by atoms with Gasteiger partial charge in [-0.1, -0.05) is 50.0 Å². The molecule has 0 aromatic heterocycles. The lowest BCUT2D eigenvalue weighted by Crippen LogP contribution is -2.14. The van der Waals surface area contributed by atoms with Crippen LogP contribution in [-0.2, 0) is 12.8 Å². The van der Waals surface area contributed by atoms with Gasteiger partial charge >= 0.3 is 0 Å². The first-order valence-corrected chi connectivity index (χ1v) is 7.69. The second-order valence-electron chi connectivity index (χ2n) is 4.87. The monoisotopic (exact) mass is 310 g/mol. The maximum Gasteiger partial charge on any atom is 0.165 e. The highest BCUT2D eigenvalue weighted by molar-refractivity contribution is 9.10. The van der Waals surface area contributed by atoms with Gasteiger partial charge in [0, 0.05) is 16.0 Å². The van der Waals surface area contributed by atoms with E-state index < -0.39 is 0 Å². The van der Waals surface area contributed by atoms with Crippen LogP contribution in [0, 0.1) is 5.92 Å². The van der Waals surface area contributed by atoms with Gasteiger partial charge in [0.25, 0.3) is 0 Å². The molecule has 1 nitrogen and oxygen atoms in total. The number of halogens is 1. The van der Waals surface area contributed by atoms with Crippen molar-refractivity contribution in [3.8, 4) is 0 Å². The van der Waals surface area contributed by atoms with Crippen molar-refractivity contribution < 1.29 is 4.79 Å². The summed E-state index contributed by atoms with van der Waals surface area (Å²) in [6, 6.07) is 4.15. The summed E-state index contributed by atoms with van der Waals surface area (Å²) in [5, 5.41) is 0. The van der Waals surface area contributed by atoms with E-state index in [1.807, 2.05) is 13.0 Å². The summed E-state index contributed by atoms with van der Waals surface area (Å²) in [5.41, 5.74) is 3.49. The van der Waals surface area contributed by atoms with E-state index in [9.17, 15) is 4.79 Å². The van der Waals surface area contributed by atoms with Crippen LogP contribution >= 0.6 is 15.9 Å². The Bertz CT molecular complexity index is 423. The Morgan fingerprint density at radius 1 is 1.28 bits per heavy atom. The average Bonchev–Trinajstić information content (AvgIpc) is 2.38. The number of carbonyl (C=O) groups excluding carboxylic acids is 1. The maximum absolute atomic E-state index is 12.5. The normalized spacial score (nSPS) is 12.5. The Balaban J connectivity index is 3.31. The number of aryl methyl sites for hydroxylation is 1. The van der Waals surface area contributed by atoms with Gasteiger partial charge in [-0.05, 0) is 42.5 Å². The second-order valence-corrected chi connectivity index (χ2v) is 5.78. The van der Waals surface area contributed by atoms with Crippen molar-refractivity contribution in [1.29, 1.82) is 0 Å². The molecule has 0 spiro atoms. The molecule has 0 saturated heterocycles. The zero-order valence-electron chi connectivity index (χ0n) is 11.8. The third-order valence-corrected chi connectivity index (χ3v) is 3.97. The number of carbonyl (C=O) groups is 1. The van der Waals surface area contributed by atoms with Gasteiger partial charge in [-0.25, -0.2) is 0 Å². The molecule has 0 saturated carbocycles. The number of benzene rings is 1. The van der Waals surface area contributed by atoms with Crippen molar-refractivity contribution in [3.63, 3.8) is 0 Å².